The average molecular weight is 300 g/mol. The first-order valence-electron chi connectivity index (χ1n) is 6.08. The molecule has 1 aromatic rings. The van der Waals surface area contributed by atoms with Crippen LogP contribution in [0.3, 0.4) is 0 Å². The summed E-state index contributed by atoms with van der Waals surface area (Å²) in [5.41, 5.74) is 1.27. The largest absolute Gasteiger partial charge is 0.496 e. The summed E-state index contributed by atoms with van der Waals surface area (Å²) >= 11 is 3.51. The van der Waals surface area contributed by atoms with E-state index in [4.69, 9.17) is 4.74 Å². The van der Waals surface area contributed by atoms with Crippen LogP contribution in [-0.2, 0) is 6.42 Å². The molecule has 0 aliphatic rings. The van der Waals surface area contributed by atoms with Crippen molar-refractivity contribution in [3.63, 3.8) is 0 Å². The maximum atomic E-state index is 5.39. The van der Waals surface area contributed by atoms with Crippen molar-refractivity contribution in [2.45, 2.75) is 32.7 Å². The Labute approximate surface area is 113 Å². The lowest BCUT2D eigenvalue weighted by Crippen LogP contribution is -2.31. The van der Waals surface area contributed by atoms with Gasteiger partial charge in [0.15, 0.2) is 0 Å². The summed E-state index contributed by atoms with van der Waals surface area (Å²) in [6, 6.07) is 6.73. The molecule has 0 spiro atoms. The number of benzene rings is 1. The van der Waals surface area contributed by atoms with Gasteiger partial charge in [0.05, 0.1) is 7.11 Å². The van der Waals surface area contributed by atoms with Gasteiger partial charge in [-0.25, -0.2) is 0 Å². The zero-order valence-corrected chi connectivity index (χ0v) is 12.7. The molecule has 0 fully saturated rings. The second-order valence-corrected chi connectivity index (χ2v) is 5.55. The maximum Gasteiger partial charge on any atom is 0.122 e. The Morgan fingerprint density at radius 1 is 1.35 bits per heavy atom. The van der Waals surface area contributed by atoms with Crippen LogP contribution in [0.2, 0.25) is 0 Å². The number of methoxy groups -OCH3 is 1. The van der Waals surface area contributed by atoms with Gasteiger partial charge in [-0.3, -0.25) is 0 Å². The molecule has 96 valence electrons. The number of rotatable bonds is 6. The molecular formula is C14H22BrNO. The van der Waals surface area contributed by atoms with Gasteiger partial charge in [0.2, 0.25) is 0 Å². The molecular weight excluding hydrogens is 278 g/mol. The molecule has 0 radical (unpaired) electrons. The highest BCUT2D eigenvalue weighted by Gasteiger charge is 2.12. The van der Waals surface area contributed by atoms with Crippen LogP contribution in [0.4, 0.5) is 0 Å². The standard InChI is InChI=1S/C14H22BrNO/c1-10(2)13(16-3)7-5-11-9-12(15)6-8-14(11)17-4/h6,8-10,13,16H,5,7H2,1-4H3. The second-order valence-electron chi connectivity index (χ2n) is 4.63. The predicted octanol–water partition coefficient (Wildman–Crippen LogP) is 3.63. The lowest BCUT2D eigenvalue weighted by atomic mass is 9.96. The first kappa shape index (κ1) is 14.5. The fourth-order valence-electron chi connectivity index (χ4n) is 2.06. The van der Waals surface area contributed by atoms with E-state index in [9.17, 15) is 0 Å². The zero-order valence-electron chi connectivity index (χ0n) is 11.1. The summed E-state index contributed by atoms with van der Waals surface area (Å²) < 4.78 is 6.50. The lowest BCUT2D eigenvalue weighted by molar-refractivity contribution is 0.389. The van der Waals surface area contributed by atoms with Crippen LogP contribution in [0.5, 0.6) is 5.75 Å². The molecule has 1 aromatic carbocycles. The lowest BCUT2D eigenvalue weighted by Gasteiger charge is -2.20. The van der Waals surface area contributed by atoms with Crippen LogP contribution < -0.4 is 10.1 Å². The predicted molar refractivity (Wildman–Crippen MR) is 76.7 cm³/mol. The third-order valence-electron chi connectivity index (χ3n) is 3.14. The Kier molecular flexibility index (Phi) is 6.00. The van der Waals surface area contributed by atoms with Gasteiger partial charge in [-0.2, -0.15) is 0 Å². The number of halogens is 1. The van der Waals surface area contributed by atoms with Gasteiger partial charge in [0, 0.05) is 10.5 Å². The summed E-state index contributed by atoms with van der Waals surface area (Å²) in [6.45, 7) is 4.50. The van der Waals surface area contributed by atoms with Crippen LogP contribution >= 0.6 is 15.9 Å². The van der Waals surface area contributed by atoms with E-state index in [0.29, 0.717) is 12.0 Å². The Bertz CT molecular complexity index is 352. The maximum absolute atomic E-state index is 5.39. The number of hydrogen-bond donors (Lipinski definition) is 1. The van der Waals surface area contributed by atoms with Gasteiger partial charge in [0.25, 0.3) is 0 Å². The highest BCUT2D eigenvalue weighted by molar-refractivity contribution is 9.10. The molecule has 0 heterocycles. The molecule has 3 heteroatoms. The monoisotopic (exact) mass is 299 g/mol. The van der Waals surface area contributed by atoms with Crippen molar-refractivity contribution in [3.05, 3.63) is 28.2 Å². The molecule has 0 amide bonds. The van der Waals surface area contributed by atoms with Crippen molar-refractivity contribution in [1.82, 2.24) is 5.32 Å². The molecule has 0 aromatic heterocycles. The smallest absolute Gasteiger partial charge is 0.122 e. The van der Waals surface area contributed by atoms with Crippen molar-refractivity contribution in [2.24, 2.45) is 5.92 Å². The van der Waals surface area contributed by atoms with E-state index >= 15 is 0 Å². The Balaban J connectivity index is 2.70. The molecule has 2 nitrogen and oxygen atoms in total. The van der Waals surface area contributed by atoms with E-state index in [0.717, 1.165) is 23.1 Å². The minimum atomic E-state index is 0.554. The van der Waals surface area contributed by atoms with Gasteiger partial charge in [0.1, 0.15) is 5.75 Å². The summed E-state index contributed by atoms with van der Waals surface area (Å²) in [5, 5.41) is 3.37. The van der Waals surface area contributed by atoms with Crippen LogP contribution in [0.25, 0.3) is 0 Å². The molecule has 0 saturated carbocycles. The van der Waals surface area contributed by atoms with Crippen molar-refractivity contribution >= 4 is 15.9 Å². The van der Waals surface area contributed by atoms with Crippen LogP contribution in [0.15, 0.2) is 22.7 Å². The van der Waals surface area contributed by atoms with E-state index in [1.807, 2.05) is 19.2 Å². The summed E-state index contributed by atoms with van der Waals surface area (Å²) in [6.07, 6.45) is 2.16. The zero-order chi connectivity index (χ0) is 12.8. The highest BCUT2D eigenvalue weighted by Crippen LogP contribution is 2.25. The third kappa shape index (κ3) is 4.32. The Hall–Kier alpha value is -0.540. The summed E-state index contributed by atoms with van der Waals surface area (Å²) in [7, 11) is 3.76. The SMILES string of the molecule is CNC(CCc1cc(Br)ccc1OC)C(C)C. The van der Waals surface area contributed by atoms with Gasteiger partial charge in [-0.05, 0) is 49.6 Å². The minimum absolute atomic E-state index is 0.554. The minimum Gasteiger partial charge on any atom is -0.496 e. The normalized spacial score (nSPS) is 12.8. The highest BCUT2D eigenvalue weighted by atomic mass is 79.9. The molecule has 0 aliphatic heterocycles. The van der Waals surface area contributed by atoms with Gasteiger partial charge >= 0.3 is 0 Å². The fraction of sp³-hybridized carbons (Fsp3) is 0.571. The summed E-state index contributed by atoms with van der Waals surface area (Å²) in [4.78, 5) is 0. The quantitative estimate of drug-likeness (QED) is 0.866. The molecule has 1 N–H and O–H groups in total. The van der Waals surface area contributed by atoms with Crippen LogP contribution in [-0.4, -0.2) is 20.2 Å². The average Bonchev–Trinajstić information content (AvgIpc) is 2.29. The molecule has 0 aliphatic carbocycles. The fourth-order valence-corrected chi connectivity index (χ4v) is 2.47. The van der Waals surface area contributed by atoms with Gasteiger partial charge in [-0.15, -0.1) is 0 Å². The van der Waals surface area contributed by atoms with E-state index in [1.165, 1.54) is 5.56 Å². The molecule has 0 saturated heterocycles. The number of aryl methyl sites for hydroxylation is 1. The molecule has 0 bridgehead atoms. The first-order chi connectivity index (χ1) is 8.08. The molecule has 1 atom stereocenters. The number of hydrogen-bond acceptors (Lipinski definition) is 2. The first-order valence-corrected chi connectivity index (χ1v) is 6.87. The Morgan fingerprint density at radius 3 is 2.59 bits per heavy atom. The third-order valence-corrected chi connectivity index (χ3v) is 3.64. The molecule has 17 heavy (non-hydrogen) atoms. The van der Waals surface area contributed by atoms with Gasteiger partial charge in [-0.1, -0.05) is 29.8 Å². The van der Waals surface area contributed by atoms with E-state index in [2.05, 4.69) is 41.2 Å². The number of nitrogens with one attached hydrogen (secondary N) is 1. The van der Waals surface area contributed by atoms with Gasteiger partial charge < -0.3 is 10.1 Å². The van der Waals surface area contributed by atoms with Crippen molar-refractivity contribution in [1.29, 1.82) is 0 Å². The van der Waals surface area contributed by atoms with E-state index < -0.39 is 0 Å². The van der Waals surface area contributed by atoms with Crippen LogP contribution in [0, 0.1) is 5.92 Å². The topological polar surface area (TPSA) is 21.3 Å². The van der Waals surface area contributed by atoms with Crippen molar-refractivity contribution in [2.75, 3.05) is 14.2 Å². The van der Waals surface area contributed by atoms with Crippen molar-refractivity contribution < 1.29 is 4.74 Å². The molecule has 1 unspecified atom stereocenters. The number of ether oxygens (including phenoxy) is 1. The summed E-state index contributed by atoms with van der Waals surface area (Å²) in [5.74, 6) is 1.63. The van der Waals surface area contributed by atoms with E-state index in [1.54, 1.807) is 7.11 Å². The van der Waals surface area contributed by atoms with Crippen molar-refractivity contribution in [3.8, 4) is 5.75 Å². The van der Waals surface area contributed by atoms with E-state index in [-0.39, 0.29) is 0 Å². The molecule has 1 rings (SSSR count). The van der Waals surface area contributed by atoms with Crippen LogP contribution in [0.1, 0.15) is 25.8 Å². The Morgan fingerprint density at radius 2 is 2.06 bits per heavy atom. The second kappa shape index (κ2) is 7.02.